The molecule has 0 saturated carbocycles. The number of rotatable bonds is 5. The van der Waals surface area contributed by atoms with Crippen LogP contribution in [-0.4, -0.2) is 16.7 Å². The molecule has 0 bridgehead atoms. The Morgan fingerprint density at radius 1 is 1.47 bits per heavy atom. The van der Waals surface area contributed by atoms with Gasteiger partial charge in [0.2, 0.25) is 5.13 Å². The zero-order valence-electron chi connectivity index (χ0n) is 8.27. The van der Waals surface area contributed by atoms with Crippen LogP contribution in [0.5, 0.6) is 0 Å². The summed E-state index contributed by atoms with van der Waals surface area (Å²) in [4.78, 5) is 0. The van der Waals surface area contributed by atoms with Crippen LogP contribution in [0.3, 0.4) is 0 Å². The zero-order chi connectivity index (χ0) is 10.5. The fourth-order valence-corrected chi connectivity index (χ4v) is 3.59. The van der Waals surface area contributed by atoms with Crippen molar-refractivity contribution in [1.29, 1.82) is 0 Å². The molecule has 0 aliphatic carbocycles. The topological polar surface area (TPSA) is 37.8 Å². The summed E-state index contributed by atoms with van der Waals surface area (Å²) in [7, 11) is 0. The lowest BCUT2D eigenvalue weighted by Gasteiger charge is -1.93. The van der Waals surface area contributed by atoms with Gasteiger partial charge in [0.15, 0.2) is 0 Å². The van der Waals surface area contributed by atoms with Crippen LogP contribution >= 0.6 is 34.4 Å². The van der Waals surface area contributed by atoms with Crippen LogP contribution in [0.4, 0.5) is 5.13 Å². The van der Waals surface area contributed by atoms with E-state index in [0.717, 1.165) is 22.4 Å². The number of nitrogens with one attached hydrogen (secondary N) is 1. The number of thioether (sulfide) groups is 1. The van der Waals surface area contributed by atoms with Gasteiger partial charge >= 0.3 is 0 Å². The van der Waals surface area contributed by atoms with Crippen molar-refractivity contribution in [3.8, 4) is 0 Å². The molecule has 15 heavy (non-hydrogen) atoms. The summed E-state index contributed by atoms with van der Waals surface area (Å²) in [5.74, 6) is 0.906. The van der Waals surface area contributed by atoms with E-state index >= 15 is 0 Å². The summed E-state index contributed by atoms with van der Waals surface area (Å²) in [6, 6.07) is 4.19. The predicted octanol–water partition coefficient (Wildman–Crippen LogP) is 3.32. The number of nitrogens with zero attached hydrogens (tertiary/aromatic N) is 2. The summed E-state index contributed by atoms with van der Waals surface area (Å²) in [5, 5.41) is 15.4. The average molecular weight is 257 g/mol. The van der Waals surface area contributed by atoms with Gasteiger partial charge in [0, 0.05) is 6.54 Å². The molecule has 2 aromatic heterocycles. The van der Waals surface area contributed by atoms with Crippen molar-refractivity contribution in [2.45, 2.75) is 16.9 Å². The highest BCUT2D eigenvalue weighted by atomic mass is 32.2. The smallest absolute Gasteiger partial charge is 0.205 e. The lowest BCUT2D eigenvalue weighted by Crippen LogP contribution is -1.94. The molecule has 0 aliphatic heterocycles. The Bertz CT molecular complexity index is 396. The maximum Gasteiger partial charge on any atom is 0.205 e. The first-order valence-electron chi connectivity index (χ1n) is 4.61. The molecule has 6 heteroatoms. The van der Waals surface area contributed by atoms with E-state index in [4.69, 9.17) is 0 Å². The standard InChI is InChI=1S/C9H11N3S3/c1-2-10-9-12-11-7(15-9)6-14-8-4-3-5-13-8/h3-5H,2,6H2,1H3,(H,10,12). The molecular formula is C9H11N3S3. The Kier molecular flexibility index (Phi) is 3.99. The minimum atomic E-state index is 0.896. The van der Waals surface area contributed by atoms with E-state index in [9.17, 15) is 0 Å². The fraction of sp³-hybridized carbons (Fsp3) is 0.333. The molecule has 80 valence electrons. The normalized spacial score (nSPS) is 10.5. The van der Waals surface area contributed by atoms with Gasteiger partial charge in [-0.15, -0.1) is 33.3 Å². The van der Waals surface area contributed by atoms with Crippen molar-refractivity contribution in [1.82, 2.24) is 10.2 Å². The lowest BCUT2D eigenvalue weighted by atomic mass is 10.7. The number of aromatic nitrogens is 2. The third-order valence-corrected chi connectivity index (χ3v) is 4.83. The molecule has 1 N–H and O–H groups in total. The Morgan fingerprint density at radius 3 is 3.13 bits per heavy atom. The number of hydrogen-bond acceptors (Lipinski definition) is 6. The highest BCUT2D eigenvalue weighted by molar-refractivity contribution is 8.00. The maximum atomic E-state index is 4.12. The molecule has 2 rings (SSSR count). The fourth-order valence-electron chi connectivity index (χ4n) is 1.01. The summed E-state index contributed by atoms with van der Waals surface area (Å²) in [6.07, 6.45) is 0. The quantitative estimate of drug-likeness (QED) is 0.834. The van der Waals surface area contributed by atoms with Crippen LogP contribution in [0.2, 0.25) is 0 Å². The van der Waals surface area contributed by atoms with E-state index < -0.39 is 0 Å². The minimum absolute atomic E-state index is 0.896. The van der Waals surface area contributed by atoms with E-state index in [2.05, 4.69) is 40.0 Å². The van der Waals surface area contributed by atoms with Gasteiger partial charge in [-0.1, -0.05) is 17.4 Å². The van der Waals surface area contributed by atoms with Gasteiger partial charge in [-0.3, -0.25) is 0 Å². The third-order valence-electron chi connectivity index (χ3n) is 1.63. The van der Waals surface area contributed by atoms with Gasteiger partial charge in [0.1, 0.15) is 5.01 Å². The molecule has 2 heterocycles. The van der Waals surface area contributed by atoms with Crippen molar-refractivity contribution < 1.29 is 0 Å². The molecule has 0 aromatic carbocycles. The zero-order valence-corrected chi connectivity index (χ0v) is 10.7. The highest BCUT2D eigenvalue weighted by Crippen LogP contribution is 2.28. The third kappa shape index (κ3) is 3.19. The van der Waals surface area contributed by atoms with Crippen molar-refractivity contribution in [3.63, 3.8) is 0 Å². The van der Waals surface area contributed by atoms with Gasteiger partial charge in [0.05, 0.1) is 9.96 Å². The van der Waals surface area contributed by atoms with Crippen LogP contribution in [-0.2, 0) is 5.75 Å². The Morgan fingerprint density at radius 2 is 2.40 bits per heavy atom. The van der Waals surface area contributed by atoms with Gasteiger partial charge in [-0.05, 0) is 18.4 Å². The van der Waals surface area contributed by atoms with Gasteiger partial charge < -0.3 is 5.32 Å². The second-order valence-electron chi connectivity index (χ2n) is 2.75. The van der Waals surface area contributed by atoms with Crippen molar-refractivity contribution >= 4 is 39.6 Å². The van der Waals surface area contributed by atoms with E-state index in [0.29, 0.717) is 0 Å². The molecule has 0 spiro atoms. The molecule has 0 fully saturated rings. The van der Waals surface area contributed by atoms with Crippen LogP contribution in [0.1, 0.15) is 11.9 Å². The van der Waals surface area contributed by atoms with Gasteiger partial charge in [-0.2, -0.15) is 0 Å². The number of thiophene rings is 1. The van der Waals surface area contributed by atoms with Crippen LogP contribution in [0.15, 0.2) is 21.7 Å². The summed E-state index contributed by atoms with van der Waals surface area (Å²) < 4.78 is 1.33. The number of anilines is 1. The average Bonchev–Trinajstić information content (AvgIpc) is 2.85. The maximum absolute atomic E-state index is 4.12. The SMILES string of the molecule is CCNc1nnc(CSc2cccs2)s1. The first-order chi connectivity index (χ1) is 7.38. The van der Waals surface area contributed by atoms with Gasteiger partial charge in [-0.25, -0.2) is 0 Å². The van der Waals surface area contributed by atoms with Gasteiger partial charge in [0.25, 0.3) is 0 Å². The Hall–Kier alpha value is -0.590. The molecule has 0 unspecified atom stereocenters. The predicted molar refractivity (Wildman–Crippen MR) is 68.0 cm³/mol. The minimum Gasteiger partial charge on any atom is -0.360 e. The van der Waals surface area contributed by atoms with E-state index in [1.807, 2.05) is 11.8 Å². The molecule has 0 amide bonds. The molecule has 2 aromatic rings. The first-order valence-corrected chi connectivity index (χ1v) is 7.29. The monoisotopic (exact) mass is 257 g/mol. The van der Waals surface area contributed by atoms with Crippen molar-refractivity contribution in [2.75, 3.05) is 11.9 Å². The van der Waals surface area contributed by atoms with E-state index in [-0.39, 0.29) is 0 Å². The Labute approximate surface area is 101 Å². The molecule has 3 nitrogen and oxygen atoms in total. The Balaban J connectivity index is 1.88. The van der Waals surface area contributed by atoms with Crippen LogP contribution in [0.25, 0.3) is 0 Å². The summed E-state index contributed by atoms with van der Waals surface area (Å²) >= 11 is 5.20. The summed E-state index contributed by atoms with van der Waals surface area (Å²) in [5.41, 5.74) is 0. The molecule has 0 saturated heterocycles. The van der Waals surface area contributed by atoms with E-state index in [1.165, 1.54) is 4.21 Å². The van der Waals surface area contributed by atoms with Crippen LogP contribution in [0, 0.1) is 0 Å². The van der Waals surface area contributed by atoms with Crippen molar-refractivity contribution in [3.05, 3.63) is 22.5 Å². The van der Waals surface area contributed by atoms with E-state index in [1.54, 1.807) is 22.7 Å². The number of hydrogen-bond donors (Lipinski definition) is 1. The molecule has 0 aliphatic rings. The lowest BCUT2D eigenvalue weighted by molar-refractivity contribution is 1.03. The molecule has 0 radical (unpaired) electrons. The van der Waals surface area contributed by atoms with Crippen LogP contribution < -0.4 is 5.32 Å². The molecular weight excluding hydrogens is 246 g/mol. The highest BCUT2D eigenvalue weighted by Gasteiger charge is 2.03. The molecule has 0 atom stereocenters. The second kappa shape index (κ2) is 5.48. The second-order valence-corrected chi connectivity index (χ2v) is 6.04. The largest absolute Gasteiger partial charge is 0.360 e. The first kappa shape index (κ1) is 10.9. The summed E-state index contributed by atoms with van der Waals surface area (Å²) in [6.45, 7) is 2.95. The van der Waals surface area contributed by atoms with Crippen molar-refractivity contribution in [2.24, 2.45) is 0 Å².